The third-order valence-corrected chi connectivity index (χ3v) is 4.53. The highest BCUT2D eigenvalue weighted by Gasteiger charge is 2.12. The van der Waals surface area contributed by atoms with Crippen LogP contribution in [0.1, 0.15) is 28.9 Å². The number of aromatic nitrogens is 1. The molecule has 0 aliphatic carbocycles. The molecule has 3 aromatic rings. The molecule has 0 spiro atoms. The first-order chi connectivity index (χ1) is 11.7. The van der Waals surface area contributed by atoms with Gasteiger partial charge < -0.3 is 9.73 Å². The fraction of sp³-hybridized carbons (Fsp3) is 0.263. The highest BCUT2D eigenvalue weighted by molar-refractivity contribution is 7.09. The molecule has 0 radical (unpaired) electrons. The number of thiazole rings is 1. The van der Waals surface area contributed by atoms with Crippen LogP contribution in [0.15, 0.2) is 58.5 Å². The highest BCUT2D eigenvalue weighted by atomic mass is 32.1. The number of rotatable bonds is 7. The van der Waals surface area contributed by atoms with Gasteiger partial charge in [-0.3, -0.25) is 4.79 Å². The van der Waals surface area contributed by atoms with Crippen molar-refractivity contribution in [3.05, 3.63) is 76.1 Å². The molecule has 0 aliphatic rings. The van der Waals surface area contributed by atoms with Crippen LogP contribution in [0.2, 0.25) is 0 Å². The molecule has 2 aromatic heterocycles. The Kier molecular flexibility index (Phi) is 5.43. The standard InChI is InChI=1S/C19H20N2O2S/c1-14(10-17-8-5-9-23-17)20-18(22)12-16-13-24-19(21-16)11-15-6-3-2-4-7-15/h2-9,13-14H,10-12H2,1H3,(H,20,22)/t14-/m0/s1. The van der Waals surface area contributed by atoms with Crippen LogP contribution >= 0.6 is 11.3 Å². The van der Waals surface area contributed by atoms with E-state index >= 15 is 0 Å². The van der Waals surface area contributed by atoms with Crippen molar-refractivity contribution in [2.45, 2.75) is 32.2 Å². The first-order valence-electron chi connectivity index (χ1n) is 7.98. The second-order valence-corrected chi connectivity index (χ2v) is 6.77. The summed E-state index contributed by atoms with van der Waals surface area (Å²) in [4.78, 5) is 16.7. The minimum Gasteiger partial charge on any atom is -0.469 e. The van der Waals surface area contributed by atoms with Gasteiger partial charge >= 0.3 is 0 Å². The summed E-state index contributed by atoms with van der Waals surface area (Å²) >= 11 is 1.60. The maximum Gasteiger partial charge on any atom is 0.226 e. The van der Waals surface area contributed by atoms with Crippen LogP contribution in [-0.2, 0) is 24.1 Å². The molecule has 4 nitrogen and oxygen atoms in total. The van der Waals surface area contributed by atoms with Crippen LogP contribution in [0, 0.1) is 0 Å². The average molecular weight is 340 g/mol. The molecule has 24 heavy (non-hydrogen) atoms. The van der Waals surface area contributed by atoms with Gasteiger partial charge in [-0.15, -0.1) is 11.3 Å². The molecule has 1 atom stereocenters. The first-order valence-corrected chi connectivity index (χ1v) is 8.86. The van der Waals surface area contributed by atoms with Gasteiger partial charge in [-0.25, -0.2) is 4.98 Å². The summed E-state index contributed by atoms with van der Waals surface area (Å²) in [6.45, 7) is 1.97. The Balaban J connectivity index is 1.49. The molecule has 0 saturated heterocycles. The monoisotopic (exact) mass is 340 g/mol. The number of carbonyl (C=O) groups excluding carboxylic acids is 1. The first kappa shape index (κ1) is 16.5. The molecule has 1 N–H and O–H groups in total. The van der Waals surface area contributed by atoms with Gasteiger partial charge in [0.1, 0.15) is 5.76 Å². The van der Waals surface area contributed by atoms with E-state index in [0.717, 1.165) is 22.9 Å². The molecule has 0 fully saturated rings. The number of hydrogen-bond donors (Lipinski definition) is 1. The van der Waals surface area contributed by atoms with E-state index in [0.29, 0.717) is 12.8 Å². The lowest BCUT2D eigenvalue weighted by atomic mass is 10.2. The number of amides is 1. The smallest absolute Gasteiger partial charge is 0.226 e. The largest absolute Gasteiger partial charge is 0.469 e. The van der Waals surface area contributed by atoms with Crippen molar-refractivity contribution in [2.75, 3.05) is 0 Å². The van der Waals surface area contributed by atoms with Crippen LogP contribution in [0.3, 0.4) is 0 Å². The molecule has 0 aliphatic heterocycles. The highest BCUT2D eigenvalue weighted by Crippen LogP contribution is 2.15. The quantitative estimate of drug-likeness (QED) is 0.715. The average Bonchev–Trinajstić information content (AvgIpc) is 3.20. The summed E-state index contributed by atoms with van der Waals surface area (Å²) < 4.78 is 5.30. The van der Waals surface area contributed by atoms with Gasteiger partial charge in [-0.2, -0.15) is 0 Å². The third-order valence-electron chi connectivity index (χ3n) is 3.63. The predicted octanol–water partition coefficient (Wildman–Crippen LogP) is 3.62. The van der Waals surface area contributed by atoms with Gasteiger partial charge in [-0.05, 0) is 24.6 Å². The SMILES string of the molecule is C[C@@H](Cc1ccco1)NC(=O)Cc1csc(Cc2ccccc2)n1. The maximum atomic E-state index is 12.1. The minimum atomic E-state index is -0.00869. The summed E-state index contributed by atoms with van der Waals surface area (Å²) in [5.74, 6) is 0.868. The fourth-order valence-corrected chi connectivity index (χ4v) is 3.38. The predicted molar refractivity (Wildman–Crippen MR) is 95.1 cm³/mol. The van der Waals surface area contributed by atoms with Gasteiger partial charge in [0.15, 0.2) is 0 Å². The van der Waals surface area contributed by atoms with Crippen molar-refractivity contribution in [3.63, 3.8) is 0 Å². The second kappa shape index (κ2) is 7.93. The van der Waals surface area contributed by atoms with E-state index in [2.05, 4.69) is 22.4 Å². The number of hydrogen-bond acceptors (Lipinski definition) is 4. The van der Waals surface area contributed by atoms with Crippen molar-refractivity contribution >= 4 is 17.2 Å². The van der Waals surface area contributed by atoms with Gasteiger partial charge in [0.05, 0.1) is 23.4 Å². The third kappa shape index (κ3) is 4.80. The zero-order valence-corrected chi connectivity index (χ0v) is 14.4. The molecule has 3 rings (SSSR count). The summed E-state index contributed by atoms with van der Waals surface area (Å²) in [6.07, 6.45) is 3.46. The lowest BCUT2D eigenvalue weighted by Gasteiger charge is -2.11. The molecule has 2 heterocycles. The Labute approximate surface area is 145 Å². The minimum absolute atomic E-state index is 0.00869. The van der Waals surface area contributed by atoms with E-state index in [-0.39, 0.29) is 11.9 Å². The summed E-state index contributed by atoms with van der Waals surface area (Å²) in [7, 11) is 0. The number of furan rings is 1. The van der Waals surface area contributed by atoms with E-state index in [9.17, 15) is 4.79 Å². The molecular formula is C19H20N2O2S. The lowest BCUT2D eigenvalue weighted by molar-refractivity contribution is -0.121. The van der Waals surface area contributed by atoms with Crippen LogP contribution in [0.5, 0.6) is 0 Å². The molecular weight excluding hydrogens is 320 g/mol. The number of benzene rings is 1. The Morgan fingerprint density at radius 1 is 1.25 bits per heavy atom. The second-order valence-electron chi connectivity index (χ2n) is 5.82. The van der Waals surface area contributed by atoms with E-state index < -0.39 is 0 Å². The summed E-state index contributed by atoms with van der Waals surface area (Å²) in [6, 6.07) is 14.0. The van der Waals surface area contributed by atoms with Crippen molar-refractivity contribution < 1.29 is 9.21 Å². The molecule has 0 bridgehead atoms. The van der Waals surface area contributed by atoms with Crippen LogP contribution < -0.4 is 5.32 Å². The normalized spacial score (nSPS) is 12.0. The van der Waals surface area contributed by atoms with Crippen LogP contribution in [-0.4, -0.2) is 16.9 Å². The van der Waals surface area contributed by atoms with E-state index in [1.54, 1.807) is 17.6 Å². The van der Waals surface area contributed by atoms with Gasteiger partial charge in [-0.1, -0.05) is 30.3 Å². The molecule has 5 heteroatoms. The van der Waals surface area contributed by atoms with Gasteiger partial charge in [0, 0.05) is 24.3 Å². The van der Waals surface area contributed by atoms with E-state index in [1.807, 2.05) is 42.6 Å². The Bertz CT molecular complexity index is 766. The number of nitrogens with one attached hydrogen (secondary N) is 1. The lowest BCUT2D eigenvalue weighted by Crippen LogP contribution is -2.35. The summed E-state index contributed by atoms with van der Waals surface area (Å²) in [5.41, 5.74) is 2.06. The van der Waals surface area contributed by atoms with Crippen molar-refractivity contribution in [1.82, 2.24) is 10.3 Å². The Morgan fingerprint density at radius 3 is 2.83 bits per heavy atom. The fourth-order valence-electron chi connectivity index (χ4n) is 2.55. The Morgan fingerprint density at radius 2 is 2.08 bits per heavy atom. The van der Waals surface area contributed by atoms with Crippen molar-refractivity contribution in [1.29, 1.82) is 0 Å². The zero-order valence-electron chi connectivity index (χ0n) is 13.6. The van der Waals surface area contributed by atoms with Crippen molar-refractivity contribution in [2.24, 2.45) is 0 Å². The number of nitrogens with zero attached hydrogens (tertiary/aromatic N) is 1. The van der Waals surface area contributed by atoms with Crippen LogP contribution in [0.25, 0.3) is 0 Å². The van der Waals surface area contributed by atoms with Gasteiger partial charge in [0.2, 0.25) is 5.91 Å². The molecule has 1 aromatic carbocycles. The molecule has 124 valence electrons. The maximum absolute atomic E-state index is 12.1. The van der Waals surface area contributed by atoms with Crippen LogP contribution in [0.4, 0.5) is 0 Å². The molecule has 1 amide bonds. The Hall–Kier alpha value is -2.40. The van der Waals surface area contributed by atoms with Crippen molar-refractivity contribution in [3.8, 4) is 0 Å². The zero-order chi connectivity index (χ0) is 16.8. The molecule has 0 saturated carbocycles. The topological polar surface area (TPSA) is 55.1 Å². The molecule has 0 unspecified atom stereocenters. The van der Waals surface area contributed by atoms with E-state index in [1.165, 1.54) is 5.56 Å². The summed E-state index contributed by atoms with van der Waals surface area (Å²) in [5, 5.41) is 5.99. The number of carbonyl (C=O) groups is 1. The van der Waals surface area contributed by atoms with E-state index in [4.69, 9.17) is 4.42 Å². The van der Waals surface area contributed by atoms with Gasteiger partial charge in [0.25, 0.3) is 0 Å².